The summed E-state index contributed by atoms with van der Waals surface area (Å²) in [5, 5.41) is 15.4. The molecule has 0 saturated carbocycles. The second-order valence-corrected chi connectivity index (χ2v) is 10.7. The first-order valence-corrected chi connectivity index (χ1v) is 14.3. The zero-order valence-corrected chi connectivity index (χ0v) is 23.0. The summed E-state index contributed by atoms with van der Waals surface area (Å²) in [6.45, 7) is 7.47. The highest BCUT2D eigenvalue weighted by molar-refractivity contribution is 6.02. The summed E-state index contributed by atoms with van der Waals surface area (Å²) >= 11 is 0. The summed E-state index contributed by atoms with van der Waals surface area (Å²) in [6, 6.07) is 6.40. The molecule has 3 aliphatic rings. The number of carbonyl (C=O) groups excluding carboxylic acids is 3. The first-order chi connectivity index (χ1) is 18.4. The average molecular weight is 530 g/mol. The van der Waals surface area contributed by atoms with Gasteiger partial charge in [0.25, 0.3) is 0 Å². The lowest BCUT2D eigenvalue weighted by Gasteiger charge is -2.34. The molecule has 3 aliphatic heterocycles. The van der Waals surface area contributed by atoms with Crippen molar-refractivity contribution in [1.82, 2.24) is 10.2 Å². The Morgan fingerprint density at radius 2 is 1.84 bits per heavy atom. The van der Waals surface area contributed by atoms with Crippen LogP contribution in [-0.2, 0) is 19.1 Å². The molecule has 9 nitrogen and oxygen atoms in total. The van der Waals surface area contributed by atoms with Crippen molar-refractivity contribution in [3.05, 3.63) is 24.3 Å². The van der Waals surface area contributed by atoms with Crippen LogP contribution in [0.15, 0.2) is 24.3 Å². The molecular weight excluding hydrogens is 486 g/mol. The van der Waals surface area contributed by atoms with Crippen molar-refractivity contribution in [3.63, 3.8) is 0 Å². The molecule has 3 fully saturated rings. The van der Waals surface area contributed by atoms with Crippen LogP contribution in [0.3, 0.4) is 0 Å². The van der Waals surface area contributed by atoms with Crippen LogP contribution in [0.5, 0.6) is 5.75 Å². The third-order valence-electron chi connectivity index (χ3n) is 8.53. The molecule has 3 heterocycles. The minimum absolute atomic E-state index is 0.0209. The Morgan fingerprint density at radius 3 is 2.50 bits per heavy atom. The maximum Gasteiger partial charge on any atom is 0.245 e. The third-order valence-corrected chi connectivity index (χ3v) is 8.53. The summed E-state index contributed by atoms with van der Waals surface area (Å²) in [5.74, 6) is -1.36. The van der Waals surface area contributed by atoms with Gasteiger partial charge in [0.15, 0.2) is 0 Å². The Labute approximate surface area is 225 Å². The van der Waals surface area contributed by atoms with Gasteiger partial charge < -0.3 is 30.1 Å². The third kappa shape index (κ3) is 5.02. The number of rotatable bonds is 14. The number of nitrogens with zero attached hydrogens (tertiary/aromatic N) is 1. The fourth-order valence-electron chi connectivity index (χ4n) is 6.76. The van der Waals surface area contributed by atoms with Crippen molar-refractivity contribution in [2.45, 2.75) is 89.4 Å². The Bertz CT molecular complexity index is 1000. The van der Waals surface area contributed by atoms with Gasteiger partial charge in [-0.2, -0.15) is 0 Å². The number of aliphatic hydroxyl groups is 1. The Kier molecular flexibility index (Phi) is 8.98. The molecule has 38 heavy (non-hydrogen) atoms. The first-order valence-electron chi connectivity index (χ1n) is 14.3. The molecular formula is C29H43N3O6. The number of aliphatic hydroxyl groups excluding tert-OH is 1. The predicted molar refractivity (Wildman–Crippen MR) is 144 cm³/mol. The number of carbonyl (C=O) groups is 3. The number of amides is 3. The Balaban J connectivity index is 1.62. The molecule has 3 N–H and O–H groups in total. The number of nitrogens with one attached hydrogen (secondary N) is 2. The smallest absolute Gasteiger partial charge is 0.245 e. The zero-order valence-electron chi connectivity index (χ0n) is 23.0. The summed E-state index contributed by atoms with van der Waals surface area (Å²) in [4.78, 5) is 43.1. The average Bonchev–Trinajstić information content (AvgIpc) is 3.52. The maximum atomic E-state index is 14.0. The molecule has 5 atom stereocenters. The number of ether oxygens (including phenoxy) is 2. The van der Waals surface area contributed by atoms with Crippen molar-refractivity contribution in [1.29, 1.82) is 0 Å². The van der Waals surface area contributed by atoms with Crippen molar-refractivity contribution < 1.29 is 29.0 Å². The van der Waals surface area contributed by atoms with E-state index in [-0.39, 0.29) is 24.3 Å². The van der Waals surface area contributed by atoms with Crippen molar-refractivity contribution in [2.75, 3.05) is 31.6 Å². The van der Waals surface area contributed by atoms with E-state index >= 15 is 0 Å². The normalized spacial score (nSPS) is 29.4. The van der Waals surface area contributed by atoms with E-state index in [1.807, 2.05) is 13.8 Å². The van der Waals surface area contributed by atoms with E-state index in [2.05, 4.69) is 17.6 Å². The van der Waals surface area contributed by atoms with Crippen LogP contribution in [0.25, 0.3) is 0 Å². The van der Waals surface area contributed by atoms with E-state index in [0.29, 0.717) is 57.5 Å². The fraction of sp³-hybridized carbons (Fsp3) is 0.690. The standard InChI is InChI=1S/C29H43N3O6/c1-4-7-8-17-30-26(35)24-29-16-15-28(5-2,38-29)22(23(29)27(36)32(24)18-9-10-19-33)25(34)31-20-11-13-21(14-12-20)37-6-3/h11-14,22-24,33H,4-10,15-19H2,1-3H3,(H,30,35)(H,31,34)/t22-,23-,24?,28+,29?/m0/s1. The highest BCUT2D eigenvalue weighted by atomic mass is 16.5. The molecule has 9 heteroatoms. The first kappa shape index (κ1) is 28.4. The van der Waals surface area contributed by atoms with Gasteiger partial charge in [0.2, 0.25) is 17.7 Å². The second kappa shape index (κ2) is 12.0. The van der Waals surface area contributed by atoms with Crippen LogP contribution >= 0.6 is 0 Å². The maximum absolute atomic E-state index is 14.0. The Hall–Kier alpha value is -2.65. The van der Waals surface area contributed by atoms with Gasteiger partial charge in [-0.25, -0.2) is 0 Å². The number of benzene rings is 1. The fourth-order valence-corrected chi connectivity index (χ4v) is 6.76. The molecule has 3 saturated heterocycles. The lowest BCUT2D eigenvalue weighted by molar-refractivity contribution is -0.146. The largest absolute Gasteiger partial charge is 0.494 e. The molecule has 1 spiro atoms. The topological polar surface area (TPSA) is 117 Å². The van der Waals surface area contributed by atoms with E-state index in [4.69, 9.17) is 9.47 Å². The van der Waals surface area contributed by atoms with Gasteiger partial charge in [0, 0.05) is 25.4 Å². The summed E-state index contributed by atoms with van der Waals surface area (Å²) in [5.41, 5.74) is -1.19. The molecule has 1 aromatic rings. The van der Waals surface area contributed by atoms with Gasteiger partial charge in [-0.3, -0.25) is 14.4 Å². The lowest BCUT2D eigenvalue weighted by atomic mass is 9.65. The van der Waals surface area contributed by atoms with Crippen LogP contribution in [0.2, 0.25) is 0 Å². The molecule has 3 amide bonds. The molecule has 210 valence electrons. The van der Waals surface area contributed by atoms with Crippen LogP contribution in [0.1, 0.15) is 72.1 Å². The number of fused-ring (bicyclic) bond motifs is 1. The van der Waals surface area contributed by atoms with Crippen molar-refractivity contribution >= 4 is 23.4 Å². The number of unbranched alkanes of at least 4 members (excludes halogenated alkanes) is 3. The quantitative estimate of drug-likeness (QED) is 0.319. The van der Waals surface area contributed by atoms with Crippen molar-refractivity contribution in [3.8, 4) is 5.75 Å². The van der Waals surface area contributed by atoms with Gasteiger partial charge in [-0.05, 0) is 69.7 Å². The van der Waals surface area contributed by atoms with E-state index in [0.717, 1.165) is 25.0 Å². The minimum atomic E-state index is -1.03. The zero-order chi connectivity index (χ0) is 27.3. The van der Waals surface area contributed by atoms with Gasteiger partial charge in [-0.15, -0.1) is 0 Å². The summed E-state index contributed by atoms with van der Waals surface area (Å²) in [7, 11) is 0. The molecule has 4 rings (SSSR count). The van der Waals surface area contributed by atoms with E-state index in [1.54, 1.807) is 29.2 Å². The highest BCUT2D eigenvalue weighted by Crippen LogP contribution is 2.64. The van der Waals surface area contributed by atoms with E-state index in [1.165, 1.54) is 0 Å². The Morgan fingerprint density at radius 1 is 1.08 bits per heavy atom. The van der Waals surface area contributed by atoms with Crippen molar-refractivity contribution in [2.24, 2.45) is 11.8 Å². The van der Waals surface area contributed by atoms with E-state index < -0.39 is 29.1 Å². The van der Waals surface area contributed by atoms with Crippen LogP contribution < -0.4 is 15.4 Å². The monoisotopic (exact) mass is 529 g/mol. The molecule has 1 aromatic carbocycles. The van der Waals surface area contributed by atoms with Crippen LogP contribution in [-0.4, -0.2) is 71.3 Å². The molecule has 2 bridgehead atoms. The van der Waals surface area contributed by atoms with Gasteiger partial charge >= 0.3 is 0 Å². The van der Waals surface area contributed by atoms with Crippen LogP contribution in [0, 0.1) is 11.8 Å². The lowest BCUT2D eigenvalue weighted by Crippen LogP contribution is -2.55. The van der Waals surface area contributed by atoms with Gasteiger partial charge in [-0.1, -0.05) is 26.7 Å². The summed E-state index contributed by atoms with van der Waals surface area (Å²) in [6.07, 6.45) is 5.81. The summed E-state index contributed by atoms with van der Waals surface area (Å²) < 4.78 is 12.3. The molecule has 2 unspecified atom stereocenters. The number of hydrogen-bond donors (Lipinski definition) is 3. The minimum Gasteiger partial charge on any atom is -0.494 e. The predicted octanol–water partition coefficient (Wildman–Crippen LogP) is 3.26. The molecule has 0 aliphatic carbocycles. The van der Waals surface area contributed by atoms with Gasteiger partial charge in [0.1, 0.15) is 17.4 Å². The molecule has 0 radical (unpaired) electrons. The number of anilines is 1. The van der Waals surface area contributed by atoms with Crippen LogP contribution in [0.4, 0.5) is 5.69 Å². The van der Waals surface area contributed by atoms with E-state index in [9.17, 15) is 19.5 Å². The SMILES string of the molecule is CCCCCNC(=O)C1N(CCCCO)C(=O)[C@@H]2[C@@H](C(=O)Nc3ccc(OCC)cc3)[C@@]3(CC)CCC12O3. The second-order valence-electron chi connectivity index (χ2n) is 10.7. The number of likely N-dealkylation sites (tertiary alicyclic amines) is 1. The number of hydrogen-bond acceptors (Lipinski definition) is 6. The molecule has 0 aromatic heterocycles. The highest BCUT2D eigenvalue weighted by Gasteiger charge is 2.78. The van der Waals surface area contributed by atoms with Gasteiger partial charge in [0.05, 0.1) is 24.0 Å².